The maximum atomic E-state index is 11.9. The first-order chi connectivity index (χ1) is 6.84. The van der Waals surface area contributed by atoms with Gasteiger partial charge in [-0.2, -0.15) is 0 Å². The van der Waals surface area contributed by atoms with Gasteiger partial charge < -0.3 is 4.90 Å². The van der Waals surface area contributed by atoms with Gasteiger partial charge in [0, 0.05) is 19.0 Å². The zero-order chi connectivity index (χ0) is 9.54. The summed E-state index contributed by atoms with van der Waals surface area (Å²) in [6.07, 6.45) is 7.80. The van der Waals surface area contributed by atoms with Crippen LogP contribution in [-0.2, 0) is 4.79 Å². The van der Waals surface area contributed by atoms with Crippen LogP contribution in [0, 0.1) is 17.8 Å². The zero-order valence-corrected chi connectivity index (χ0v) is 8.74. The Kier molecular flexibility index (Phi) is 2.03. The zero-order valence-electron chi connectivity index (χ0n) is 8.74. The monoisotopic (exact) mass is 193 g/mol. The molecule has 0 aromatic rings. The lowest BCUT2D eigenvalue weighted by Crippen LogP contribution is -2.42. The predicted octanol–water partition coefficient (Wildman–Crippen LogP) is 2.04. The maximum Gasteiger partial charge on any atom is 0.225 e. The van der Waals surface area contributed by atoms with E-state index in [9.17, 15) is 4.79 Å². The molecule has 1 aliphatic heterocycles. The normalized spacial score (nSPS) is 37.0. The second-order valence-electron chi connectivity index (χ2n) is 5.30. The number of rotatable bonds is 1. The molecule has 78 valence electrons. The Morgan fingerprint density at radius 3 is 2.57 bits per heavy atom. The molecule has 2 atom stereocenters. The molecule has 2 heteroatoms. The van der Waals surface area contributed by atoms with Crippen LogP contribution in [0.5, 0.6) is 0 Å². The van der Waals surface area contributed by atoms with E-state index in [0.29, 0.717) is 11.8 Å². The topological polar surface area (TPSA) is 20.3 Å². The van der Waals surface area contributed by atoms with Crippen molar-refractivity contribution in [3.05, 3.63) is 0 Å². The van der Waals surface area contributed by atoms with Crippen LogP contribution < -0.4 is 0 Å². The molecule has 0 aromatic heterocycles. The number of piperidine rings is 1. The highest BCUT2D eigenvalue weighted by Crippen LogP contribution is 2.39. The summed E-state index contributed by atoms with van der Waals surface area (Å²) >= 11 is 0. The van der Waals surface area contributed by atoms with E-state index in [1.807, 2.05) is 0 Å². The SMILES string of the molecule is O=C(C1CC1)N1CC[C@H]2CCC[C@H]2C1. The Morgan fingerprint density at radius 2 is 1.79 bits per heavy atom. The summed E-state index contributed by atoms with van der Waals surface area (Å²) in [7, 11) is 0. The first-order valence-electron chi connectivity index (χ1n) is 6.13. The molecule has 2 saturated carbocycles. The van der Waals surface area contributed by atoms with E-state index >= 15 is 0 Å². The van der Waals surface area contributed by atoms with Crippen LogP contribution in [0.2, 0.25) is 0 Å². The third-order valence-electron chi connectivity index (χ3n) is 4.28. The number of nitrogens with zero attached hydrogens (tertiary/aromatic N) is 1. The molecule has 0 radical (unpaired) electrons. The van der Waals surface area contributed by atoms with Crippen molar-refractivity contribution in [3.8, 4) is 0 Å². The molecule has 1 saturated heterocycles. The fraction of sp³-hybridized carbons (Fsp3) is 0.917. The third-order valence-corrected chi connectivity index (χ3v) is 4.28. The molecular formula is C12H19NO. The molecule has 0 bridgehead atoms. The lowest BCUT2D eigenvalue weighted by atomic mass is 9.88. The van der Waals surface area contributed by atoms with Gasteiger partial charge in [-0.25, -0.2) is 0 Å². The van der Waals surface area contributed by atoms with E-state index in [0.717, 1.165) is 37.8 Å². The molecule has 0 aromatic carbocycles. The van der Waals surface area contributed by atoms with Crippen LogP contribution in [-0.4, -0.2) is 23.9 Å². The van der Waals surface area contributed by atoms with E-state index in [4.69, 9.17) is 0 Å². The highest BCUT2D eigenvalue weighted by molar-refractivity contribution is 5.81. The van der Waals surface area contributed by atoms with Crippen LogP contribution >= 0.6 is 0 Å². The molecular weight excluding hydrogens is 174 g/mol. The van der Waals surface area contributed by atoms with Crippen LogP contribution in [0.4, 0.5) is 0 Å². The first-order valence-corrected chi connectivity index (χ1v) is 6.13. The summed E-state index contributed by atoms with van der Waals surface area (Å²) in [5.74, 6) is 2.70. The first kappa shape index (κ1) is 8.75. The van der Waals surface area contributed by atoms with Gasteiger partial charge in [-0.3, -0.25) is 4.79 Å². The number of hydrogen-bond donors (Lipinski definition) is 0. The third kappa shape index (κ3) is 1.45. The van der Waals surface area contributed by atoms with Gasteiger partial charge in [-0.15, -0.1) is 0 Å². The number of carbonyl (C=O) groups excluding carboxylic acids is 1. The van der Waals surface area contributed by atoms with Gasteiger partial charge >= 0.3 is 0 Å². The fourth-order valence-electron chi connectivity index (χ4n) is 3.22. The van der Waals surface area contributed by atoms with Gasteiger partial charge in [0.15, 0.2) is 0 Å². The standard InChI is InChI=1S/C12H19NO/c14-12(10-4-5-10)13-7-6-9-2-1-3-11(9)8-13/h9-11H,1-8H2/t9-,11+/m1/s1. The van der Waals surface area contributed by atoms with Crippen molar-refractivity contribution in [2.75, 3.05) is 13.1 Å². The van der Waals surface area contributed by atoms with Gasteiger partial charge in [0.05, 0.1) is 0 Å². The van der Waals surface area contributed by atoms with Crippen LogP contribution in [0.3, 0.4) is 0 Å². The van der Waals surface area contributed by atoms with Crippen molar-refractivity contribution < 1.29 is 4.79 Å². The van der Waals surface area contributed by atoms with E-state index < -0.39 is 0 Å². The minimum atomic E-state index is 0.424. The van der Waals surface area contributed by atoms with Crippen molar-refractivity contribution in [1.29, 1.82) is 0 Å². The minimum Gasteiger partial charge on any atom is -0.342 e. The lowest BCUT2D eigenvalue weighted by molar-refractivity contribution is -0.134. The highest BCUT2D eigenvalue weighted by atomic mass is 16.2. The van der Waals surface area contributed by atoms with E-state index in [1.165, 1.54) is 25.7 Å². The van der Waals surface area contributed by atoms with E-state index in [2.05, 4.69) is 4.90 Å². The quantitative estimate of drug-likeness (QED) is 0.624. The molecule has 0 N–H and O–H groups in total. The summed E-state index contributed by atoms with van der Waals surface area (Å²) in [5.41, 5.74) is 0. The van der Waals surface area contributed by atoms with Crippen molar-refractivity contribution in [3.63, 3.8) is 0 Å². The Bertz CT molecular complexity index is 247. The summed E-state index contributed by atoms with van der Waals surface area (Å²) in [6, 6.07) is 0. The molecule has 1 amide bonds. The maximum absolute atomic E-state index is 11.9. The molecule has 2 nitrogen and oxygen atoms in total. The average molecular weight is 193 g/mol. The summed E-state index contributed by atoms with van der Waals surface area (Å²) in [6.45, 7) is 2.14. The Hall–Kier alpha value is -0.530. The van der Waals surface area contributed by atoms with Crippen LogP contribution in [0.1, 0.15) is 38.5 Å². The molecule has 3 aliphatic rings. The molecule has 2 aliphatic carbocycles. The molecule has 1 heterocycles. The Labute approximate surface area is 85.7 Å². The van der Waals surface area contributed by atoms with E-state index in [1.54, 1.807) is 0 Å². The number of fused-ring (bicyclic) bond motifs is 1. The summed E-state index contributed by atoms with van der Waals surface area (Å²) in [4.78, 5) is 14.0. The Balaban J connectivity index is 1.63. The van der Waals surface area contributed by atoms with Crippen molar-refractivity contribution >= 4 is 5.91 Å². The predicted molar refractivity (Wildman–Crippen MR) is 54.8 cm³/mol. The molecule has 3 fully saturated rings. The second-order valence-corrected chi connectivity index (χ2v) is 5.30. The fourth-order valence-corrected chi connectivity index (χ4v) is 3.22. The molecule has 0 unspecified atom stereocenters. The van der Waals surface area contributed by atoms with Gasteiger partial charge in [-0.1, -0.05) is 12.8 Å². The van der Waals surface area contributed by atoms with Gasteiger partial charge in [-0.05, 0) is 37.5 Å². The summed E-state index contributed by atoms with van der Waals surface area (Å²) in [5, 5.41) is 0. The number of carbonyl (C=O) groups is 1. The number of hydrogen-bond acceptors (Lipinski definition) is 1. The number of likely N-dealkylation sites (tertiary alicyclic amines) is 1. The van der Waals surface area contributed by atoms with E-state index in [-0.39, 0.29) is 0 Å². The van der Waals surface area contributed by atoms with Crippen molar-refractivity contribution in [1.82, 2.24) is 4.90 Å². The van der Waals surface area contributed by atoms with Crippen LogP contribution in [0.15, 0.2) is 0 Å². The minimum absolute atomic E-state index is 0.424. The average Bonchev–Trinajstić information content (AvgIpc) is 2.95. The molecule has 0 spiro atoms. The van der Waals surface area contributed by atoms with Gasteiger partial charge in [0.1, 0.15) is 0 Å². The molecule has 3 rings (SSSR count). The number of amides is 1. The Morgan fingerprint density at radius 1 is 1.00 bits per heavy atom. The highest BCUT2D eigenvalue weighted by Gasteiger charge is 2.39. The van der Waals surface area contributed by atoms with Gasteiger partial charge in [0.2, 0.25) is 5.91 Å². The molecule has 14 heavy (non-hydrogen) atoms. The van der Waals surface area contributed by atoms with Crippen molar-refractivity contribution in [2.45, 2.75) is 38.5 Å². The summed E-state index contributed by atoms with van der Waals surface area (Å²) < 4.78 is 0. The second kappa shape index (κ2) is 3.25. The lowest BCUT2D eigenvalue weighted by Gasteiger charge is -2.35. The van der Waals surface area contributed by atoms with Gasteiger partial charge in [0.25, 0.3) is 0 Å². The van der Waals surface area contributed by atoms with Crippen LogP contribution in [0.25, 0.3) is 0 Å². The smallest absolute Gasteiger partial charge is 0.225 e. The van der Waals surface area contributed by atoms with Crippen molar-refractivity contribution in [2.24, 2.45) is 17.8 Å². The largest absolute Gasteiger partial charge is 0.342 e.